The molecular formula is C17H23N3O. The third kappa shape index (κ3) is 2.56. The number of nitrogens with one attached hydrogen (secondary N) is 1. The SMILES string of the molecule is CCNC(c1ccc2c(c1)CCC2)c1c(OC)cnn1C. The van der Waals surface area contributed by atoms with Gasteiger partial charge in [0.2, 0.25) is 0 Å². The number of rotatable bonds is 5. The highest BCUT2D eigenvalue weighted by atomic mass is 16.5. The van der Waals surface area contributed by atoms with Crippen LogP contribution in [-0.2, 0) is 19.9 Å². The topological polar surface area (TPSA) is 39.1 Å². The van der Waals surface area contributed by atoms with Gasteiger partial charge in [0.05, 0.1) is 19.3 Å². The van der Waals surface area contributed by atoms with Crippen LogP contribution in [0.2, 0.25) is 0 Å². The van der Waals surface area contributed by atoms with Gasteiger partial charge in [-0.1, -0.05) is 25.1 Å². The van der Waals surface area contributed by atoms with E-state index >= 15 is 0 Å². The number of aryl methyl sites for hydroxylation is 3. The highest BCUT2D eigenvalue weighted by molar-refractivity contribution is 5.41. The number of hydrogen-bond acceptors (Lipinski definition) is 3. The molecule has 2 aromatic rings. The van der Waals surface area contributed by atoms with Crippen molar-refractivity contribution in [2.24, 2.45) is 7.05 Å². The largest absolute Gasteiger partial charge is 0.493 e. The van der Waals surface area contributed by atoms with Crippen LogP contribution in [0, 0.1) is 0 Å². The summed E-state index contributed by atoms with van der Waals surface area (Å²) in [6.45, 7) is 3.03. The third-order valence-electron chi connectivity index (χ3n) is 4.31. The standard InChI is InChI=1S/C17H23N3O/c1-4-18-16(17-15(21-3)11-19-20(17)2)14-9-8-12-6-5-7-13(12)10-14/h8-11,16,18H,4-7H2,1-3H3. The second-order valence-corrected chi connectivity index (χ2v) is 5.59. The van der Waals surface area contributed by atoms with Crippen LogP contribution < -0.4 is 10.1 Å². The van der Waals surface area contributed by atoms with Crippen LogP contribution in [0.5, 0.6) is 5.75 Å². The Labute approximate surface area is 126 Å². The van der Waals surface area contributed by atoms with Crippen LogP contribution in [-0.4, -0.2) is 23.4 Å². The van der Waals surface area contributed by atoms with E-state index in [0.29, 0.717) is 0 Å². The van der Waals surface area contributed by atoms with E-state index in [0.717, 1.165) is 18.0 Å². The summed E-state index contributed by atoms with van der Waals surface area (Å²) in [6.07, 6.45) is 5.48. The third-order valence-corrected chi connectivity index (χ3v) is 4.31. The molecule has 1 atom stereocenters. The van der Waals surface area contributed by atoms with Gasteiger partial charge in [-0.15, -0.1) is 0 Å². The summed E-state index contributed by atoms with van der Waals surface area (Å²) in [4.78, 5) is 0. The summed E-state index contributed by atoms with van der Waals surface area (Å²) >= 11 is 0. The van der Waals surface area contributed by atoms with E-state index in [1.165, 1.54) is 36.0 Å². The van der Waals surface area contributed by atoms with Crippen molar-refractivity contribution >= 4 is 0 Å². The number of methoxy groups -OCH3 is 1. The molecule has 1 aliphatic carbocycles. The maximum absolute atomic E-state index is 5.48. The van der Waals surface area contributed by atoms with Crippen molar-refractivity contribution in [1.82, 2.24) is 15.1 Å². The van der Waals surface area contributed by atoms with E-state index in [2.05, 4.69) is 35.5 Å². The number of nitrogens with zero attached hydrogens (tertiary/aromatic N) is 2. The normalized spacial score (nSPS) is 15.0. The first-order valence-electron chi connectivity index (χ1n) is 7.65. The lowest BCUT2D eigenvalue weighted by atomic mass is 9.98. The first-order valence-corrected chi connectivity index (χ1v) is 7.65. The van der Waals surface area contributed by atoms with Crippen molar-refractivity contribution in [2.75, 3.05) is 13.7 Å². The monoisotopic (exact) mass is 285 g/mol. The fraction of sp³-hybridized carbons (Fsp3) is 0.471. The van der Waals surface area contributed by atoms with E-state index in [1.54, 1.807) is 13.3 Å². The summed E-state index contributed by atoms with van der Waals surface area (Å²) in [6, 6.07) is 6.99. The lowest BCUT2D eigenvalue weighted by Gasteiger charge is -2.21. The lowest BCUT2D eigenvalue weighted by Crippen LogP contribution is -2.25. The van der Waals surface area contributed by atoms with Gasteiger partial charge in [0.25, 0.3) is 0 Å². The number of ether oxygens (including phenoxy) is 1. The van der Waals surface area contributed by atoms with Crippen molar-refractivity contribution in [3.05, 3.63) is 46.8 Å². The van der Waals surface area contributed by atoms with E-state index in [9.17, 15) is 0 Å². The summed E-state index contributed by atoms with van der Waals surface area (Å²) in [7, 11) is 3.67. The molecule has 1 aliphatic rings. The van der Waals surface area contributed by atoms with Gasteiger partial charge in [0.15, 0.2) is 5.75 Å². The van der Waals surface area contributed by atoms with Crippen molar-refractivity contribution in [1.29, 1.82) is 0 Å². The fourth-order valence-corrected chi connectivity index (χ4v) is 3.26. The maximum atomic E-state index is 5.48. The number of fused-ring (bicyclic) bond motifs is 1. The maximum Gasteiger partial charge on any atom is 0.161 e. The molecule has 0 fully saturated rings. The molecule has 1 heterocycles. The van der Waals surface area contributed by atoms with Crippen LogP contribution >= 0.6 is 0 Å². The Hall–Kier alpha value is -1.81. The Morgan fingerprint density at radius 2 is 2.14 bits per heavy atom. The van der Waals surface area contributed by atoms with Crippen molar-refractivity contribution < 1.29 is 4.74 Å². The van der Waals surface area contributed by atoms with E-state index < -0.39 is 0 Å². The molecule has 0 aliphatic heterocycles. The van der Waals surface area contributed by atoms with Gasteiger partial charge >= 0.3 is 0 Å². The van der Waals surface area contributed by atoms with Gasteiger partial charge < -0.3 is 10.1 Å². The van der Waals surface area contributed by atoms with Crippen molar-refractivity contribution in [3.8, 4) is 5.75 Å². The molecule has 4 heteroatoms. The molecular weight excluding hydrogens is 262 g/mol. The Kier molecular flexibility index (Phi) is 3.97. The number of benzene rings is 1. The Balaban J connectivity index is 2.03. The molecule has 1 aromatic carbocycles. The zero-order valence-electron chi connectivity index (χ0n) is 13.0. The highest BCUT2D eigenvalue weighted by Crippen LogP contribution is 2.32. The number of aromatic nitrogens is 2. The second kappa shape index (κ2) is 5.90. The zero-order chi connectivity index (χ0) is 14.8. The summed E-state index contributed by atoms with van der Waals surface area (Å²) in [5.41, 5.74) is 5.37. The molecule has 0 radical (unpaired) electrons. The molecule has 112 valence electrons. The number of hydrogen-bond donors (Lipinski definition) is 1. The first-order chi connectivity index (χ1) is 10.2. The molecule has 4 nitrogen and oxygen atoms in total. The minimum Gasteiger partial charge on any atom is -0.493 e. The van der Waals surface area contributed by atoms with Crippen LogP contribution in [0.4, 0.5) is 0 Å². The first kappa shape index (κ1) is 14.1. The summed E-state index contributed by atoms with van der Waals surface area (Å²) in [5, 5.41) is 7.91. The van der Waals surface area contributed by atoms with Crippen molar-refractivity contribution in [3.63, 3.8) is 0 Å². The minimum atomic E-state index is 0.114. The summed E-state index contributed by atoms with van der Waals surface area (Å²) in [5.74, 6) is 0.837. The second-order valence-electron chi connectivity index (χ2n) is 5.59. The minimum absolute atomic E-state index is 0.114. The molecule has 0 saturated carbocycles. The molecule has 0 amide bonds. The summed E-state index contributed by atoms with van der Waals surface area (Å²) < 4.78 is 7.39. The Morgan fingerprint density at radius 1 is 1.33 bits per heavy atom. The zero-order valence-corrected chi connectivity index (χ0v) is 13.0. The Morgan fingerprint density at radius 3 is 2.90 bits per heavy atom. The van der Waals surface area contributed by atoms with Gasteiger partial charge in [-0.3, -0.25) is 4.68 Å². The van der Waals surface area contributed by atoms with Crippen LogP contribution in [0.1, 0.15) is 41.8 Å². The predicted molar refractivity (Wildman–Crippen MR) is 83.7 cm³/mol. The lowest BCUT2D eigenvalue weighted by molar-refractivity contribution is 0.401. The molecule has 1 unspecified atom stereocenters. The average molecular weight is 285 g/mol. The smallest absolute Gasteiger partial charge is 0.161 e. The van der Waals surface area contributed by atoms with Gasteiger partial charge in [-0.2, -0.15) is 5.10 Å². The quantitative estimate of drug-likeness (QED) is 0.918. The van der Waals surface area contributed by atoms with Crippen LogP contribution in [0.15, 0.2) is 24.4 Å². The van der Waals surface area contributed by atoms with Gasteiger partial charge in [-0.25, -0.2) is 0 Å². The Bertz CT molecular complexity index is 633. The molecule has 1 aromatic heterocycles. The molecule has 3 rings (SSSR count). The van der Waals surface area contributed by atoms with Gasteiger partial charge in [-0.05, 0) is 42.5 Å². The van der Waals surface area contributed by atoms with Crippen molar-refractivity contribution in [2.45, 2.75) is 32.2 Å². The molecule has 0 bridgehead atoms. The molecule has 0 saturated heterocycles. The van der Waals surface area contributed by atoms with Gasteiger partial charge in [0.1, 0.15) is 5.69 Å². The highest BCUT2D eigenvalue weighted by Gasteiger charge is 2.23. The van der Waals surface area contributed by atoms with Gasteiger partial charge in [0, 0.05) is 7.05 Å². The van der Waals surface area contributed by atoms with E-state index in [-0.39, 0.29) is 6.04 Å². The van der Waals surface area contributed by atoms with E-state index in [1.807, 2.05) is 11.7 Å². The molecule has 0 spiro atoms. The van der Waals surface area contributed by atoms with Crippen LogP contribution in [0.25, 0.3) is 0 Å². The predicted octanol–water partition coefficient (Wildman–Crippen LogP) is 2.62. The average Bonchev–Trinajstić information content (AvgIpc) is 3.10. The van der Waals surface area contributed by atoms with E-state index in [4.69, 9.17) is 4.74 Å². The molecule has 1 N–H and O–H groups in total. The molecule has 21 heavy (non-hydrogen) atoms. The fourth-order valence-electron chi connectivity index (χ4n) is 3.26. The van der Waals surface area contributed by atoms with Crippen LogP contribution in [0.3, 0.4) is 0 Å².